The first kappa shape index (κ1) is 24.9. The summed E-state index contributed by atoms with van der Waals surface area (Å²) in [6.45, 7) is 8.32. The second-order valence-electron chi connectivity index (χ2n) is 10.2. The Morgan fingerprint density at radius 1 is 1.09 bits per heavy atom. The molecule has 1 aliphatic carbocycles. The fraction of sp³-hybridized carbons (Fsp3) is 0.520. The minimum Gasteiger partial charge on any atom is -0.338 e. The number of benzene rings is 1. The molecule has 0 spiro atoms. The largest absolute Gasteiger partial charge is 0.338 e. The van der Waals surface area contributed by atoms with Crippen molar-refractivity contribution in [2.24, 2.45) is 22.6 Å². The molecule has 0 aromatic heterocycles. The van der Waals surface area contributed by atoms with E-state index >= 15 is 0 Å². The predicted octanol–water partition coefficient (Wildman–Crippen LogP) is 1.02. The van der Waals surface area contributed by atoms with Crippen molar-refractivity contribution in [3.63, 3.8) is 0 Å². The lowest BCUT2D eigenvalue weighted by Crippen LogP contribution is -2.59. The van der Waals surface area contributed by atoms with Crippen molar-refractivity contribution in [2.45, 2.75) is 32.4 Å². The average Bonchev–Trinajstić information content (AvgIpc) is 3.44. The van der Waals surface area contributed by atoms with E-state index in [9.17, 15) is 14.4 Å². The number of nitrogens with one attached hydrogen (secondary N) is 2. The van der Waals surface area contributed by atoms with Crippen LogP contribution in [-0.4, -0.2) is 83.7 Å². The van der Waals surface area contributed by atoms with E-state index in [-0.39, 0.29) is 11.9 Å². The maximum atomic E-state index is 12.9. The normalized spacial score (nSPS) is 22.8. The number of aliphatic imine (C=N–C) groups is 1. The van der Waals surface area contributed by atoms with Gasteiger partial charge in [0.2, 0.25) is 12.3 Å². The lowest BCUT2D eigenvalue weighted by Gasteiger charge is -2.37. The summed E-state index contributed by atoms with van der Waals surface area (Å²) in [6.07, 6.45) is 4.89. The molecule has 10 heteroatoms. The van der Waals surface area contributed by atoms with Gasteiger partial charge in [0.15, 0.2) is 0 Å². The average molecular weight is 482 g/mol. The van der Waals surface area contributed by atoms with Crippen LogP contribution in [0.15, 0.2) is 41.5 Å². The monoisotopic (exact) mass is 481 g/mol. The molecule has 1 aromatic carbocycles. The molecule has 0 radical (unpaired) electrons. The molecule has 188 valence electrons. The lowest BCUT2D eigenvalue weighted by molar-refractivity contribution is -0.137. The molecule has 2 aliphatic heterocycles. The Morgan fingerprint density at radius 3 is 2.31 bits per heavy atom. The number of likely N-dealkylation sites (tertiary alicyclic amines) is 1. The smallest absolute Gasteiger partial charge is 0.323 e. The standard InChI is InChI=1S/C25H35N7O3/c1-25(2,26)23(34)31-9-11-32(12-10-31)24(35)29-22(7-8-27-17-33)28-21-5-3-18(4-6-21)14-30-15-19-13-20(19)16-30/h3-8,17,19-20H,9-16,26H2,1-2H3,(H,27,33)(H,28,29,35)/b8-7-. The molecular formula is C25H35N7O3. The van der Waals surface area contributed by atoms with Crippen LogP contribution in [-0.2, 0) is 16.1 Å². The molecule has 4 amide bonds. The number of amidine groups is 1. The summed E-state index contributed by atoms with van der Waals surface area (Å²) in [7, 11) is 0. The minimum absolute atomic E-state index is 0.132. The molecule has 2 heterocycles. The molecule has 4 rings (SSSR count). The van der Waals surface area contributed by atoms with Gasteiger partial charge < -0.3 is 20.9 Å². The zero-order valence-electron chi connectivity index (χ0n) is 20.4. The third kappa shape index (κ3) is 6.67. The summed E-state index contributed by atoms with van der Waals surface area (Å²) in [4.78, 5) is 46.2. The van der Waals surface area contributed by atoms with Crippen molar-refractivity contribution in [3.05, 3.63) is 42.1 Å². The summed E-state index contributed by atoms with van der Waals surface area (Å²) >= 11 is 0. The Balaban J connectivity index is 1.35. The van der Waals surface area contributed by atoms with Gasteiger partial charge in [0.1, 0.15) is 5.84 Å². The van der Waals surface area contributed by atoms with Crippen LogP contribution in [0.2, 0.25) is 0 Å². The molecule has 0 bridgehead atoms. The number of carbonyl (C=O) groups excluding carboxylic acids is 3. The fourth-order valence-corrected chi connectivity index (χ4v) is 4.68. The number of nitrogens with zero attached hydrogens (tertiary/aromatic N) is 4. The highest BCUT2D eigenvalue weighted by atomic mass is 16.2. The van der Waals surface area contributed by atoms with Gasteiger partial charge in [-0.1, -0.05) is 12.1 Å². The topological polar surface area (TPSA) is 123 Å². The second-order valence-corrected chi connectivity index (χ2v) is 10.2. The molecule has 3 aliphatic rings. The zero-order valence-corrected chi connectivity index (χ0v) is 20.4. The molecule has 4 N–H and O–H groups in total. The van der Waals surface area contributed by atoms with Gasteiger partial charge in [-0.2, -0.15) is 0 Å². The number of urea groups is 1. The zero-order chi connectivity index (χ0) is 25.0. The summed E-state index contributed by atoms with van der Waals surface area (Å²) in [5.41, 5.74) is 6.92. The summed E-state index contributed by atoms with van der Waals surface area (Å²) in [5, 5.41) is 5.25. The summed E-state index contributed by atoms with van der Waals surface area (Å²) < 4.78 is 0. The van der Waals surface area contributed by atoms with E-state index in [0.717, 1.165) is 18.4 Å². The number of hydrogen-bond acceptors (Lipinski definition) is 6. The summed E-state index contributed by atoms with van der Waals surface area (Å²) in [5.74, 6) is 1.99. The number of piperidine rings is 1. The van der Waals surface area contributed by atoms with Crippen molar-refractivity contribution in [3.8, 4) is 0 Å². The Morgan fingerprint density at radius 2 is 1.71 bits per heavy atom. The Bertz CT molecular complexity index is 981. The van der Waals surface area contributed by atoms with E-state index in [1.807, 2.05) is 12.1 Å². The van der Waals surface area contributed by atoms with Crippen molar-refractivity contribution < 1.29 is 14.4 Å². The molecule has 35 heavy (non-hydrogen) atoms. The third-order valence-electron chi connectivity index (χ3n) is 6.69. The minimum atomic E-state index is -0.939. The number of rotatable bonds is 7. The van der Waals surface area contributed by atoms with E-state index in [4.69, 9.17) is 5.73 Å². The van der Waals surface area contributed by atoms with Crippen LogP contribution in [0.4, 0.5) is 10.5 Å². The van der Waals surface area contributed by atoms with Gasteiger partial charge in [0.25, 0.3) is 0 Å². The predicted molar refractivity (Wildman–Crippen MR) is 134 cm³/mol. The number of fused-ring (bicyclic) bond motifs is 1. The quantitative estimate of drug-likeness (QED) is 0.305. The Labute approximate surface area is 206 Å². The third-order valence-corrected chi connectivity index (χ3v) is 6.69. The van der Waals surface area contributed by atoms with Crippen LogP contribution in [0.25, 0.3) is 0 Å². The molecule has 2 saturated heterocycles. The fourth-order valence-electron chi connectivity index (χ4n) is 4.68. The van der Waals surface area contributed by atoms with Crippen molar-refractivity contribution >= 4 is 29.9 Å². The highest BCUT2D eigenvalue weighted by Gasteiger charge is 2.44. The first-order valence-corrected chi connectivity index (χ1v) is 12.1. The maximum Gasteiger partial charge on any atom is 0.323 e. The van der Waals surface area contributed by atoms with Gasteiger partial charge >= 0.3 is 6.03 Å². The van der Waals surface area contributed by atoms with E-state index in [1.54, 1.807) is 23.6 Å². The number of hydrogen-bond donors (Lipinski definition) is 3. The second kappa shape index (κ2) is 10.6. The van der Waals surface area contributed by atoms with Crippen molar-refractivity contribution in [2.75, 3.05) is 39.3 Å². The molecule has 2 unspecified atom stereocenters. The van der Waals surface area contributed by atoms with Crippen LogP contribution in [0.1, 0.15) is 25.8 Å². The number of carbonyl (C=O) groups is 3. The molecule has 10 nitrogen and oxygen atoms in total. The van der Waals surface area contributed by atoms with E-state index in [2.05, 4.69) is 32.7 Å². The van der Waals surface area contributed by atoms with E-state index in [0.29, 0.717) is 44.1 Å². The Hall–Kier alpha value is -3.24. The van der Waals surface area contributed by atoms with Crippen LogP contribution in [0.3, 0.4) is 0 Å². The summed E-state index contributed by atoms with van der Waals surface area (Å²) in [6, 6.07) is 7.66. The van der Waals surface area contributed by atoms with Gasteiger partial charge in [-0.15, -0.1) is 0 Å². The Kier molecular flexibility index (Phi) is 7.51. The molecule has 2 atom stereocenters. The van der Waals surface area contributed by atoms with Crippen LogP contribution in [0.5, 0.6) is 0 Å². The van der Waals surface area contributed by atoms with E-state index < -0.39 is 5.54 Å². The molecule has 1 aromatic rings. The number of amides is 4. The van der Waals surface area contributed by atoms with Crippen molar-refractivity contribution in [1.82, 2.24) is 25.3 Å². The van der Waals surface area contributed by atoms with E-state index in [1.165, 1.54) is 37.3 Å². The van der Waals surface area contributed by atoms with Gasteiger partial charge in [0, 0.05) is 52.0 Å². The lowest BCUT2D eigenvalue weighted by atomic mass is 10.1. The molecule has 3 fully saturated rings. The van der Waals surface area contributed by atoms with Crippen LogP contribution in [0, 0.1) is 11.8 Å². The SMILES string of the molecule is CC(C)(N)C(=O)N1CCN(C(=O)NC(/C=C\NC=O)=Nc2ccc(CN3CC4CC4C3)cc2)CC1. The van der Waals surface area contributed by atoms with Gasteiger partial charge in [-0.05, 0) is 55.9 Å². The molecular weight excluding hydrogens is 446 g/mol. The molecule has 1 saturated carbocycles. The van der Waals surface area contributed by atoms with Gasteiger partial charge in [-0.25, -0.2) is 9.79 Å². The number of nitrogens with two attached hydrogens (primary N) is 1. The highest BCUT2D eigenvalue weighted by molar-refractivity contribution is 6.05. The van der Waals surface area contributed by atoms with Crippen LogP contribution < -0.4 is 16.4 Å². The number of piperazine rings is 1. The highest BCUT2D eigenvalue weighted by Crippen LogP contribution is 2.45. The van der Waals surface area contributed by atoms with Crippen LogP contribution >= 0.6 is 0 Å². The van der Waals surface area contributed by atoms with Gasteiger partial charge in [0.05, 0.1) is 11.2 Å². The first-order valence-electron chi connectivity index (χ1n) is 12.1. The first-order chi connectivity index (χ1) is 16.7. The maximum absolute atomic E-state index is 12.9. The van der Waals surface area contributed by atoms with Gasteiger partial charge in [-0.3, -0.25) is 19.8 Å². The van der Waals surface area contributed by atoms with Crippen molar-refractivity contribution in [1.29, 1.82) is 0 Å².